The predicted octanol–water partition coefficient (Wildman–Crippen LogP) is 3.13. The van der Waals surface area contributed by atoms with Crippen molar-refractivity contribution in [2.75, 3.05) is 5.32 Å². The molecule has 158 valence electrons. The van der Waals surface area contributed by atoms with E-state index in [0.717, 1.165) is 0 Å². The fourth-order valence-electron chi connectivity index (χ4n) is 3.63. The molecule has 1 aliphatic carbocycles. The molecule has 0 unspecified atom stereocenters. The quantitative estimate of drug-likeness (QED) is 0.664. The number of halogens is 2. The highest BCUT2D eigenvalue weighted by Gasteiger charge is 2.53. The van der Waals surface area contributed by atoms with Crippen molar-refractivity contribution in [3.63, 3.8) is 0 Å². The first-order chi connectivity index (χ1) is 14.8. The Morgan fingerprint density at radius 1 is 1.19 bits per heavy atom. The summed E-state index contributed by atoms with van der Waals surface area (Å²) in [5.41, 5.74) is 0.570. The lowest BCUT2D eigenvalue weighted by Crippen LogP contribution is -2.28. The molecule has 1 amide bonds. The van der Waals surface area contributed by atoms with Crippen molar-refractivity contribution < 1.29 is 23.0 Å². The van der Waals surface area contributed by atoms with Crippen LogP contribution in [-0.4, -0.2) is 27.2 Å². The van der Waals surface area contributed by atoms with E-state index in [1.807, 2.05) is 0 Å². The van der Waals surface area contributed by atoms with Crippen LogP contribution in [0, 0.1) is 6.92 Å². The fraction of sp³-hybridized carbons (Fsp3) is 0.238. The van der Waals surface area contributed by atoms with E-state index in [1.165, 1.54) is 24.5 Å². The molecule has 1 aromatic carbocycles. The molecular weight excluding hydrogens is 410 g/mol. The van der Waals surface area contributed by atoms with Crippen molar-refractivity contribution in [3.05, 3.63) is 64.3 Å². The topological polar surface area (TPSA) is 106 Å². The fourth-order valence-corrected chi connectivity index (χ4v) is 3.63. The van der Waals surface area contributed by atoms with Crippen molar-refractivity contribution in [2.45, 2.75) is 31.5 Å². The number of rotatable bonds is 4. The Kier molecular flexibility index (Phi) is 4.07. The summed E-state index contributed by atoms with van der Waals surface area (Å²) in [6, 6.07) is 7.63. The maximum atomic E-state index is 13.3. The lowest BCUT2D eigenvalue weighted by Gasteiger charge is -2.16. The lowest BCUT2D eigenvalue weighted by molar-refractivity contribution is -0.286. The number of hydrogen-bond acceptors (Lipinski definition) is 6. The minimum atomic E-state index is -3.72. The summed E-state index contributed by atoms with van der Waals surface area (Å²) in [7, 11) is 0. The maximum Gasteiger partial charge on any atom is 0.586 e. The molecule has 0 atom stereocenters. The number of pyridine rings is 1. The third-order valence-corrected chi connectivity index (χ3v) is 5.41. The SMILES string of the molecule is Cc1ncc(NC(=O)C2(c3ccc4c(c3)OC(F)(F)O4)CC2)nc1-c1ccc[nH]c1=O. The first kappa shape index (κ1) is 19.2. The van der Waals surface area contributed by atoms with Gasteiger partial charge in [0.1, 0.15) is 0 Å². The van der Waals surface area contributed by atoms with E-state index in [2.05, 4.69) is 29.7 Å². The average Bonchev–Trinajstić information content (AvgIpc) is 3.47. The Morgan fingerprint density at radius 3 is 2.71 bits per heavy atom. The van der Waals surface area contributed by atoms with Crippen LogP contribution in [0.2, 0.25) is 0 Å². The first-order valence-electron chi connectivity index (χ1n) is 9.51. The number of benzene rings is 1. The molecule has 3 aromatic rings. The van der Waals surface area contributed by atoms with E-state index in [4.69, 9.17) is 0 Å². The zero-order valence-corrected chi connectivity index (χ0v) is 16.2. The second-order valence-electron chi connectivity index (χ2n) is 7.47. The van der Waals surface area contributed by atoms with Gasteiger partial charge in [0, 0.05) is 6.20 Å². The van der Waals surface area contributed by atoms with Crippen LogP contribution in [0.25, 0.3) is 11.3 Å². The number of aromatic amines is 1. The van der Waals surface area contributed by atoms with E-state index in [9.17, 15) is 18.4 Å². The Balaban J connectivity index is 1.42. The Bertz CT molecular complexity index is 1270. The van der Waals surface area contributed by atoms with Crippen LogP contribution < -0.4 is 20.3 Å². The summed E-state index contributed by atoms with van der Waals surface area (Å²) in [6.07, 6.45) is 0.282. The first-order valence-corrected chi connectivity index (χ1v) is 9.51. The maximum absolute atomic E-state index is 13.3. The molecule has 2 N–H and O–H groups in total. The number of nitrogens with one attached hydrogen (secondary N) is 2. The number of alkyl halides is 2. The molecule has 0 saturated heterocycles. The van der Waals surface area contributed by atoms with Crippen molar-refractivity contribution in [1.82, 2.24) is 15.0 Å². The highest BCUT2D eigenvalue weighted by molar-refractivity contribution is 6.01. The monoisotopic (exact) mass is 426 g/mol. The third-order valence-electron chi connectivity index (χ3n) is 5.41. The number of H-pyrrole nitrogens is 1. The zero-order valence-electron chi connectivity index (χ0n) is 16.2. The Morgan fingerprint density at radius 2 is 1.97 bits per heavy atom. The number of hydrogen-bond donors (Lipinski definition) is 2. The molecule has 1 fully saturated rings. The molecule has 0 bridgehead atoms. The number of aromatic nitrogens is 3. The van der Waals surface area contributed by atoms with Gasteiger partial charge in [0.05, 0.1) is 28.6 Å². The molecule has 0 spiro atoms. The second kappa shape index (κ2) is 6.59. The molecule has 3 heterocycles. The van der Waals surface area contributed by atoms with Crippen LogP contribution in [0.4, 0.5) is 14.6 Å². The van der Waals surface area contributed by atoms with Crippen molar-refractivity contribution in [1.29, 1.82) is 0 Å². The molecule has 1 saturated carbocycles. The van der Waals surface area contributed by atoms with E-state index in [-0.39, 0.29) is 28.8 Å². The Hall–Kier alpha value is -3.82. The number of ether oxygens (including phenoxy) is 2. The summed E-state index contributed by atoms with van der Waals surface area (Å²) in [6.45, 7) is 1.71. The van der Waals surface area contributed by atoms with Gasteiger partial charge in [0.2, 0.25) is 5.91 Å². The smallest absolute Gasteiger partial charge is 0.395 e. The summed E-state index contributed by atoms with van der Waals surface area (Å²) < 4.78 is 35.5. The Labute approximate surface area is 174 Å². The van der Waals surface area contributed by atoms with E-state index in [1.54, 1.807) is 25.1 Å². The lowest BCUT2D eigenvalue weighted by atomic mass is 9.94. The molecule has 1 aliphatic heterocycles. The average molecular weight is 426 g/mol. The number of anilines is 1. The molecular formula is C21H16F2N4O4. The minimum Gasteiger partial charge on any atom is -0.395 e. The second-order valence-corrected chi connectivity index (χ2v) is 7.47. The van der Waals surface area contributed by atoms with Crippen molar-refractivity contribution in [3.8, 4) is 22.8 Å². The summed E-state index contributed by atoms with van der Waals surface area (Å²) in [4.78, 5) is 36.4. The minimum absolute atomic E-state index is 0.0768. The van der Waals surface area contributed by atoms with Gasteiger partial charge < -0.3 is 19.8 Å². The number of nitrogens with zero attached hydrogens (tertiary/aromatic N) is 2. The molecule has 10 heteroatoms. The molecule has 8 nitrogen and oxygen atoms in total. The van der Waals surface area contributed by atoms with Gasteiger partial charge >= 0.3 is 6.29 Å². The largest absolute Gasteiger partial charge is 0.586 e. The molecule has 31 heavy (non-hydrogen) atoms. The standard InChI is InChI=1S/C21H16F2N4O4/c1-11-17(13-3-2-8-24-18(13)28)26-16(10-25-11)27-19(29)20(6-7-20)12-4-5-14-15(9-12)31-21(22,23)30-14/h2-5,8-10H,6-7H2,1H3,(H,24,28)(H,26,27,29). The number of aryl methyl sites for hydroxylation is 1. The van der Waals surface area contributed by atoms with Gasteiger partial charge in [-0.1, -0.05) is 6.07 Å². The van der Waals surface area contributed by atoms with Gasteiger partial charge in [-0.3, -0.25) is 14.6 Å². The van der Waals surface area contributed by atoms with Gasteiger partial charge in [0.25, 0.3) is 5.56 Å². The van der Waals surface area contributed by atoms with E-state index >= 15 is 0 Å². The van der Waals surface area contributed by atoms with Crippen LogP contribution in [0.1, 0.15) is 24.1 Å². The predicted molar refractivity (Wildman–Crippen MR) is 105 cm³/mol. The van der Waals surface area contributed by atoms with Crippen molar-refractivity contribution >= 4 is 11.7 Å². The van der Waals surface area contributed by atoms with E-state index < -0.39 is 11.7 Å². The number of fused-ring (bicyclic) bond motifs is 1. The van der Waals surface area contributed by atoms with Crippen LogP contribution in [0.15, 0.2) is 47.5 Å². The third kappa shape index (κ3) is 3.29. The number of carbonyl (C=O) groups is 1. The van der Waals surface area contributed by atoms with Crippen LogP contribution in [-0.2, 0) is 10.2 Å². The van der Waals surface area contributed by atoms with E-state index in [0.29, 0.717) is 35.4 Å². The van der Waals surface area contributed by atoms with Gasteiger partial charge in [-0.05, 0) is 49.6 Å². The number of amides is 1. The normalized spacial score (nSPS) is 17.3. The molecule has 5 rings (SSSR count). The van der Waals surface area contributed by atoms with Crippen molar-refractivity contribution in [2.24, 2.45) is 0 Å². The van der Waals surface area contributed by atoms with Crippen LogP contribution in [0.3, 0.4) is 0 Å². The number of carbonyl (C=O) groups excluding carboxylic acids is 1. The molecule has 0 radical (unpaired) electrons. The highest BCUT2D eigenvalue weighted by Crippen LogP contribution is 2.52. The van der Waals surface area contributed by atoms with Gasteiger partial charge in [0.15, 0.2) is 17.3 Å². The van der Waals surface area contributed by atoms with Gasteiger partial charge in [-0.25, -0.2) is 4.98 Å². The summed E-state index contributed by atoms with van der Waals surface area (Å²) >= 11 is 0. The summed E-state index contributed by atoms with van der Waals surface area (Å²) in [5.74, 6) is -0.342. The van der Waals surface area contributed by atoms with Gasteiger partial charge in [-0.2, -0.15) is 0 Å². The van der Waals surface area contributed by atoms with Crippen LogP contribution in [0.5, 0.6) is 11.5 Å². The van der Waals surface area contributed by atoms with Crippen LogP contribution >= 0.6 is 0 Å². The summed E-state index contributed by atoms with van der Waals surface area (Å²) in [5, 5.41) is 2.74. The molecule has 2 aliphatic rings. The zero-order chi connectivity index (χ0) is 21.8. The van der Waals surface area contributed by atoms with Gasteiger partial charge in [-0.15, -0.1) is 8.78 Å². The highest BCUT2D eigenvalue weighted by atomic mass is 19.3. The molecule has 2 aromatic heterocycles.